The largest absolute Gasteiger partial charge is 0.385 e. The molecule has 25 heavy (non-hydrogen) atoms. The number of hydrogen-bond acceptors (Lipinski definition) is 4. The maximum absolute atomic E-state index is 12.7. The first-order valence-electron chi connectivity index (χ1n) is 8.01. The molecular formula is C19H17ClN2O3. The SMILES string of the molecule is O=C(CCl)NCCCNc1ccc2c(c1)C(=O)c1ccccc1C2=O. The fraction of sp³-hybridized carbons (Fsp3) is 0.211. The van der Waals surface area contributed by atoms with Gasteiger partial charge in [-0.15, -0.1) is 11.6 Å². The first kappa shape index (κ1) is 17.2. The van der Waals surface area contributed by atoms with Gasteiger partial charge in [-0.25, -0.2) is 0 Å². The summed E-state index contributed by atoms with van der Waals surface area (Å²) in [6.45, 7) is 1.15. The molecule has 0 bridgehead atoms. The van der Waals surface area contributed by atoms with Gasteiger partial charge < -0.3 is 10.6 Å². The van der Waals surface area contributed by atoms with E-state index in [0.717, 1.165) is 12.1 Å². The molecular weight excluding hydrogens is 340 g/mol. The summed E-state index contributed by atoms with van der Waals surface area (Å²) in [6.07, 6.45) is 0.718. The van der Waals surface area contributed by atoms with Crippen LogP contribution in [-0.2, 0) is 4.79 Å². The quantitative estimate of drug-likeness (QED) is 0.526. The summed E-state index contributed by atoms with van der Waals surface area (Å²) < 4.78 is 0. The zero-order valence-corrected chi connectivity index (χ0v) is 14.2. The Morgan fingerprint density at radius 1 is 0.880 bits per heavy atom. The molecule has 3 rings (SSSR count). The molecule has 0 aliphatic heterocycles. The molecule has 2 N–H and O–H groups in total. The van der Waals surface area contributed by atoms with Crippen LogP contribution in [0, 0.1) is 0 Å². The molecule has 1 aliphatic carbocycles. The number of nitrogens with one attached hydrogen (secondary N) is 2. The van der Waals surface area contributed by atoms with Crippen molar-refractivity contribution in [3.05, 3.63) is 64.7 Å². The van der Waals surface area contributed by atoms with Gasteiger partial charge in [-0.2, -0.15) is 0 Å². The van der Waals surface area contributed by atoms with Crippen LogP contribution in [0.25, 0.3) is 0 Å². The predicted molar refractivity (Wildman–Crippen MR) is 96.6 cm³/mol. The Balaban J connectivity index is 1.69. The van der Waals surface area contributed by atoms with Gasteiger partial charge in [-0.3, -0.25) is 14.4 Å². The van der Waals surface area contributed by atoms with E-state index >= 15 is 0 Å². The highest BCUT2D eigenvalue weighted by molar-refractivity contribution is 6.28. The normalized spacial score (nSPS) is 12.4. The Bertz CT molecular complexity index is 848. The van der Waals surface area contributed by atoms with Crippen LogP contribution in [0.1, 0.15) is 38.3 Å². The monoisotopic (exact) mass is 356 g/mol. The van der Waals surface area contributed by atoms with Gasteiger partial charge in [0.05, 0.1) is 0 Å². The van der Waals surface area contributed by atoms with Crippen LogP contribution < -0.4 is 10.6 Å². The molecule has 0 spiro atoms. The highest BCUT2D eigenvalue weighted by Crippen LogP contribution is 2.29. The maximum Gasteiger partial charge on any atom is 0.234 e. The van der Waals surface area contributed by atoms with Crippen molar-refractivity contribution in [3.8, 4) is 0 Å². The zero-order valence-electron chi connectivity index (χ0n) is 13.5. The van der Waals surface area contributed by atoms with Crippen molar-refractivity contribution in [2.24, 2.45) is 0 Å². The third-order valence-corrected chi connectivity index (χ3v) is 4.29. The summed E-state index contributed by atoms with van der Waals surface area (Å²) in [5.74, 6) is -0.502. The van der Waals surface area contributed by atoms with Crippen LogP contribution in [0.3, 0.4) is 0 Å². The summed E-state index contributed by atoms with van der Waals surface area (Å²) in [4.78, 5) is 36.2. The average Bonchev–Trinajstić information content (AvgIpc) is 2.65. The van der Waals surface area contributed by atoms with E-state index in [9.17, 15) is 14.4 Å². The van der Waals surface area contributed by atoms with E-state index in [0.29, 0.717) is 35.3 Å². The molecule has 0 heterocycles. The van der Waals surface area contributed by atoms with Crippen molar-refractivity contribution in [1.82, 2.24) is 5.32 Å². The number of ketones is 2. The second-order valence-corrected chi connectivity index (χ2v) is 6.00. The van der Waals surface area contributed by atoms with Gasteiger partial charge in [0, 0.05) is 41.0 Å². The van der Waals surface area contributed by atoms with Crippen molar-refractivity contribution < 1.29 is 14.4 Å². The Morgan fingerprint density at radius 3 is 2.20 bits per heavy atom. The third kappa shape index (κ3) is 3.56. The van der Waals surface area contributed by atoms with E-state index in [4.69, 9.17) is 11.6 Å². The third-order valence-electron chi connectivity index (χ3n) is 4.05. The molecule has 128 valence electrons. The lowest BCUT2D eigenvalue weighted by atomic mass is 9.84. The first-order valence-corrected chi connectivity index (χ1v) is 8.54. The van der Waals surface area contributed by atoms with E-state index < -0.39 is 0 Å². The first-order chi connectivity index (χ1) is 12.1. The van der Waals surface area contributed by atoms with Crippen molar-refractivity contribution in [2.45, 2.75) is 6.42 Å². The molecule has 0 aromatic heterocycles. The summed E-state index contributed by atoms with van der Waals surface area (Å²) in [6, 6.07) is 12.1. The van der Waals surface area contributed by atoms with Crippen LogP contribution in [0.5, 0.6) is 0 Å². The van der Waals surface area contributed by atoms with Crippen LogP contribution in [-0.4, -0.2) is 36.4 Å². The number of carbonyl (C=O) groups excluding carboxylic acids is 3. The number of alkyl halides is 1. The van der Waals surface area contributed by atoms with E-state index in [1.165, 1.54) is 0 Å². The van der Waals surface area contributed by atoms with E-state index in [1.54, 1.807) is 42.5 Å². The zero-order chi connectivity index (χ0) is 17.8. The number of halogens is 1. The summed E-state index contributed by atoms with van der Waals surface area (Å²) >= 11 is 5.40. The smallest absolute Gasteiger partial charge is 0.234 e. The molecule has 5 nitrogen and oxygen atoms in total. The Morgan fingerprint density at radius 2 is 1.52 bits per heavy atom. The molecule has 1 amide bonds. The molecule has 0 saturated heterocycles. The fourth-order valence-electron chi connectivity index (χ4n) is 2.81. The molecule has 0 saturated carbocycles. The number of carbonyl (C=O) groups is 3. The molecule has 0 atom stereocenters. The molecule has 2 aromatic rings. The molecule has 2 aromatic carbocycles. The van der Waals surface area contributed by atoms with Crippen LogP contribution >= 0.6 is 11.6 Å². The number of benzene rings is 2. The summed E-state index contributed by atoms with van der Waals surface area (Å²) in [5.41, 5.74) is 2.52. The van der Waals surface area contributed by atoms with Gasteiger partial charge in [0.2, 0.25) is 5.91 Å². The fourth-order valence-corrected chi connectivity index (χ4v) is 2.90. The van der Waals surface area contributed by atoms with Crippen molar-refractivity contribution in [3.63, 3.8) is 0 Å². The minimum atomic E-state index is -0.196. The van der Waals surface area contributed by atoms with Crippen molar-refractivity contribution in [2.75, 3.05) is 24.3 Å². The van der Waals surface area contributed by atoms with Gasteiger partial charge in [0.15, 0.2) is 11.6 Å². The van der Waals surface area contributed by atoms with Crippen molar-refractivity contribution in [1.29, 1.82) is 0 Å². The maximum atomic E-state index is 12.7. The highest BCUT2D eigenvalue weighted by Gasteiger charge is 2.29. The lowest BCUT2D eigenvalue weighted by molar-refractivity contribution is -0.118. The Kier molecular flexibility index (Phi) is 5.14. The van der Waals surface area contributed by atoms with Crippen LogP contribution in [0.15, 0.2) is 42.5 Å². The van der Waals surface area contributed by atoms with Gasteiger partial charge in [-0.05, 0) is 24.6 Å². The number of anilines is 1. The standard InChI is InChI=1S/C19H17ClN2O3/c20-11-17(23)22-9-3-8-21-12-6-7-15-16(10-12)19(25)14-5-2-1-4-13(14)18(15)24/h1-2,4-7,10,21H,3,8-9,11H2,(H,22,23). The lowest BCUT2D eigenvalue weighted by Crippen LogP contribution is -2.26. The van der Waals surface area contributed by atoms with E-state index in [1.807, 2.05) is 0 Å². The number of amides is 1. The lowest BCUT2D eigenvalue weighted by Gasteiger charge is -2.18. The van der Waals surface area contributed by atoms with Crippen molar-refractivity contribution >= 4 is 34.8 Å². The predicted octanol–water partition coefficient (Wildman–Crippen LogP) is 2.62. The molecule has 0 fully saturated rings. The molecule has 0 unspecified atom stereocenters. The minimum Gasteiger partial charge on any atom is -0.385 e. The second kappa shape index (κ2) is 7.49. The van der Waals surface area contributed by atoms with Crippen LogP contribution in [0.2, 0.25) is 0 Å². The van der Waals surface area contributed by atoms with Gasteiger partial charge in [-0.1, -0.05) is 24.3 Å². The van der Waals surface area contributed by atoms with E-state index in [-0.39, 0.29) is 23.4 Å². The Labute approximate surface area is 150 Å². The average molecular weight is 357 g/mol. The topological polar surface area (TPSA) is 75.3 Å². The van der Waals surface area contributed by atoms with Gasteiger partial charge >= 0.3 is 0 Å². The molecule has 1 aliphatic rings. The molecule has 0 radical (unpaired) electrons. The molecule has 6 heteroatoms. The summed E-state index contributed by atoms with van der Waals surface area (Å²) in [7, 11) is 0. The minimum absolute atomic E-state index is 0.0458. The highest BCUT2D eigenvalue weighted by atomic mass is 35.5. The number of hydrogen-bond donors (Lipinski definition) is 2. The number of rotatable bonds is 6. The number of fused-ring (bicyclic) bond motifs is 2. The van der Waals surface area contributed by atoms with Gasteiger partial charge in [0.25, 0.3) is 0 Å². The van der Waals surface area contributed by atoms with Crippen LogP contribution in [0.4, 0.5) is 5.69 Å². The van der Waals surface area contributed by atoms with E-state index in [2.05, 4.69) is 10.6 Å². The van der Waals surface area contributed by atoms with Gasteiger partial charge in [0.1, 0.15) is 5.88 Å². The Hall–Kier alpha value is -2.66. The second-order valence-electron chi connectivity index (χ2n) is 5.73. The summed E-state index contributed by atoms with van der Waals surface area (Å²) in [5, 5.41) is 5.88.